The lowest BCUT2D eigenvalue weighted by Gasteiger charge is -2.28. The molecule has 2 N–H and O–H groups in total. The highest BCUT2D eigenvalue weighted by Crippen LogP contribution is 2.26. The van der Waals surface area contributed by atoms with Gasteiger partial charge in [0.1, 0.15) is 0 Å². The lowest BCUT2D eigenvalue weighted by atomic mass is 9.92. The first-order valence-electron chi connectivity index (χ1n) is 5.18. The Hall–Kier alpha value is -1.36. The molecule has 1 fully saturated rings. The molecule has 2 atom stereocenters. The van der Waals surface area contributed by atoms with Crippen LogP contribution >= 0.6 is 0 Å². The van der Waals surface area contributed by atoms with E-state index in [-0.39, 0.29) is 6.04 Å². The van der Waals surface area contributed by atoms with Crippen LogP contribution in [0.4, 0.5) is 0 Å². The summed E-state index contributed by atoms with van der Waals surface area (Å²) in [6.45, 7) is 0. The van der Waals surface area contributed by atoms with Gasteiger partial charge >= 0.3 is 5.69 Å². The summed E-state index contributed by atoms with van der Waals surface area (Å²) in [5.74, 6) is 0. The van der Waals surface area contributed by atoms with Gasteiger partial charge in [-0.15, -0.1) is 0 Å². The third-order valence-electron chi connectivity index (χ3n) is 2.90. The van der Waals surface area contributed by atoms with Gasteiger partial charge in [0.25, 0.3) is 5.56 Å². The largest absolute Gasteiger partial charge is 0.391 e. The highest BCUT2D eigenvalue weighted by Gasteiger charge is 2.25. The quantitative estimate of drug-likeness (QED) is 0.685. The van der Waals surface area contributed by atoms with Crippen LogP contribution in [0, 0.1) is 0 Å². The number of aromatic amines is 1. The van der Waals surface area contributed by atoms with Crippen LogP contribution in [-0.4, -0.2) is 20.8 Å². The fourth-order valence-electron chi connectivity index (χ4n) is 2.10. The Bertz CT molecular complexity index is 448. The van der Waals surface area contributed by atoms with E-state index < -0.39 is 17.4 Å². The van der Waals surface area contributed by atoms with Crippen LogP contribution in [0.2, 0.25) is 0 Å². The van der Waals surface area contributed by atoms with Gasteiger partial charge in [0.05, 0.1) is 12.1 Å². The van der Waals surface area contributed by atoms with Gasteiger partial charge in [-0.25, -0.2) is 4.79 Å². The SMILES string of the molecule is O=c1ccn([C@H]2CCCC[C@H]2O)c(=O)[nH]1. The molecule has 0 unspecified atom stereocenters. The van der Waals surface area contributed by atoms with Crippen molar-refractivity contribution in [3.8, 4) is 0 Å². The van der Waals surface area contributed by atoms with Crippen LogP contribution in [0.25, 0.3) is 0 Å². The number of hydrogen-bond acceptors (Lipinski definition) is 3. The molecular formula is C10H14N2O3. The van der Waals surface area contributed by atoms with Crippen LogP contribution in [0.3, 0.4) is 0 Å². The van der Waals surface area contributed by atoms with Crippen LogP contribution in [-0.2, 0) is 0 Å². The second kappa shape index (κ2) is 4.02. The van der Waals surface area contributed by atoms with E-state index in [1.807, 2.05) is 0 Å². The van der Waals surface area contributed by atoms with Crippen LogP contribution in [0.1, 0.15) is 31.7 Å². The molecule has 0 aromatic carbocycles. The van der Waals surface area contributed by atoms with E-state index in [4.69, 9.17) is 0 Å². The first-order chi connectivity index (χ1) is 7.18. The summed E-state index contributed by atoms with van der Waals surface area (Å²) >= 11 is 0. The maximum absolute atomic E-state index is 11.5. The molecule has 0 aliphatic heterocycles. The van der Waals surface area contributed by atoms with Gasteiger partial charge in [-0.05, 0) is 12.8 Å². The van der Waals surface area contributed by atoms with Gasteiger partial charge in [-0.2, -0.15) is 0 Å². The Balaban J connectivity index is 2.36. The van der Waals surface area contributed by atoms with Gasteiger partial charge in [0.2, 0.25) is 0 Å². The molecule has 2 rings (SSSR count). The number of aliphatic hydroxyl groups excluding tert-OH is 1. The molecule has 5 nitrogen and oxygen atoms in total. The maximum Gasteiger partial charge on any atom is 0.328 e. The summed E-state index contributed by atoms with van der Waals surface area (Å²) in [6, 6.07) is 1.12. The molecule has 0 radical (unpaired) electrons. The molecule has 5 heteroatoms. The van der Waals surface area contributed by atoms with Crippen LogP contribution in [0.15, 0.2) is 21.9 Å². The number of aromatic nitrogens is 2. The molecule has 1 aliphatic carbocycles. The van der Waals surface area contributed by atoms with Crippen LogP contribution in [0.5, 0.6) is 0 Å². The monoisotopic (exact) mass is 210 g/mol. The topological polar surface area (TPSA) is 75.1 Å². The Morgan fingerprint density at radius 1 is 1.33 bits per heavy atom. The van der Waals surface area contributed by atoms with Crippen molar-refractivity contribution in [3.63, 3.8) is 0 Å². The molecule has 1 aromatic heterocycles. The van der Waals surface area contributed by atoms with Gasteiger partial charge in [-0.3, -0.25) is 14.3 Å². The highest BCUT2D eigenvalue weighted by molar-refractivity contribution is 4.89. The van der Waals surface area contributed by atoms with Crippen molar-refractivity contribution in [2.24, 2.45) is 0 Å². The minimum Gasteiger partial charge on any atom is -0.391 e. The summed E-state index contributed by atoms with van der Waals surface area (Å²) in [6.07, 6.45) is 4.48. The first kappa shape index (κ1) is 10.2. The van der Waals surface area contributed by atoms with E-state index >= 15 is 0 Å². The molecule has 0 spiro atoms. The maximum atomic E-state index is 11.5. The van der Waals surface area contributed by atoms with E-state index in [0.717, 1.165) is 25.7 Å². The lowest BCUT2D eigenvalue weighted by Crippen LogP contribution is -2.37. The average Bonchev–Trinajstić information content (AvgIpc) is 2.20. The van der Waals surface area contributed by atoms with Crippen molar-refractivity contribution in [1.29, 1.82) is 0 Å². The minimum atomic E-state index is -0.484. The fraction of sp³-hybridized carbons (Fsp3) is 0.600. The number of hydrogen-bond donors (Lipinski definition) is 2. The molecule has 1 aliphatic rings. The smallest absolute Gasteiger partial charge is 0.328 e. The van der Waals surface area contributed by atoms with Gasteiger partial charge in [0, 0.05) is 12.3 Å². The predicted molar refractivity (Wildman–Crippen MR) is 54.8 cm³/mol. The third kappa shape index (κ3) is 2.02. The zero-order chi connectivity index (χ0) is 10.8. The van der Waals surface area contributed by atoms with E-state index in [2.05, 4.69) is 4.98 Å². The molecule has 0 saturated heterocycles. The van der Waals surface area contributed by atoms with Crippen molar-refractivity contribution >= 4 is 0 Å². The van der Waals surface area contributed by atoms with E-state index in [1.165, 1.54) is 16.8 Å². The van der Waals surface area contributed by atoms with Gasteiger partial charge in [-0.1, -0.05) is 12.8 Å². The van der Waals surface area contributed by atoms with Crippen molar-refractivity contribution < 1.29 is 5.11 Å². The summed E-state index contributed by atoms with van der Waals surface area (Å²) in [5.41, 5.74) is -0.838. The Kier molecular flexibility index (Phi) is 2.73. The van der Waals surface area contributed by atoms with E-state index in [9.17, 15) is 14.7 Å². The Labute approximate surface area is 86.4 Å². The van der Waals surface area contributed by atoms with Gasteiger partial charge < -0.3 is 5.11 Å². The number of nitrogens with zero attached hydrogens (tertiary/aromatic N) is 1. The molecule has 0 amide bonds. The summed E-state index contributed by atoms with van der Waals surface area (Å²) in [7, 11) is 0. The normalized spacial score (nSPS) is 26.5. The molecule has 1 heterocycles. The molecule has 15 heavy (non-hydrogen) atoms. The average molecular weight is 210 g/mol. The summed E-state index contributed by atoms with van der Waals surface area (Å²) in [4.78, 5) is 24.6. The Morgan fingerprint density at radius 3 is 2.73 bits per heavy atom. The first-order valence-corrected chi connectivity index (χ1v) is 5.18. The number of nitrogens with one attached hydrogen (secondary N) is 1. The zero-order valence-corrected chi connectivity index (χ0v) is 8.35. The van der Waals surface area contributed by atoms with Crippen molar-refractivity contribution in [1.82, 2.24) is 9.55 Å². The second-order valence-corrected chi connectivity index (χ2v) is 3.94. The lowest BCUT2D eigenvalue weighted by molar-refractivity contribution is 0.0730. The molecule has 0 bridgehead atoms. The molecule has 82 valence electrons. The standard InChI is InChI=1S/C10H14N2O3/c13-8-4-2-1-3-7(8)12-6-5-9(14)11-10(12)15/h5-8,13H,1-4H2,(H,11,14,15)/t7-,8+/m0/s1. The van der Waals surface area contributed by atoms with Crippen molar-refractivity contribution in [2.45, 2.75) is 37.8 Å². The minimum absolute atomic E-state index is 0.192. The van der Waals surface area contributed by atoms with Crippen LogP contribution < -0.4 is 11.2 Å². The third-order valence-corrected chi connectivity index (χ3v) is 2.90. The van der Waals surface area contributed by atoms with Crippen molar-refractivity contribution in [3.05, 3.63) is 33.1 Å². The number of aliphatic hydroxyl groups is 1. The highest BCUT2D eigenvalue weighted by atomic mass is 16.3. The second-order valence-electron chi connectivity index (χ2n) is 3.94. The fourth-order valence-corrected chi connectivity index (χ4v) is 2.10. The van der Waals surface area contributed by atoms with Crippen molar-refractivity contribution in [2.75, 3.05) is 0 Å². The molecule has 1 saturated carbocycles. The summed E-state index contributed by atoms with van der Waals surface area (Å²) in [5, 5.41) is 9.76. The Morgan fingerprint density at radius 2 is 2.07 bits per heavy atom. The number of rotatable bonds is 1. The van der Waals surface area contributed by atoms with E-state index in [1.54, 1.807) is 0 Å². The zero-order valence-electron chi connectivity index (χ0n) is 8.35. The van der Waals surface area contributed by atoms with E-state index in [0.29, 0.717) is 0 Å². The molecular weight excluding hydrogens is 196 g/mol. The summed E-state index contributed by atoms with van der Waals surface area (Å²) < 4.78 is 1.42. The van der Waals surface area contributed by atoms with Gasteiger partial charge in [0.15, 0.2) is 0 Å². The number of H-pyrrole nitrogens is 1. The molecule has 1 aromatic rings. The predicted octanol–water partition coefficient (Wildman–Crippen LogP) is 0.0126.